The molecule has 3 aliphatic heterocycles. The Bertz CT molecular complexity index is 1330. The van der Waals surface area contributed by atoms with Crippen LogP contribution in [-0.2, 0) is 23.7 Å². The Morgan fingerprint density at radius 2 is 1.76 bits per heavy atom. The molecule has 6 aliphatic rings. The summed E-state index contributed by atoms with van der Waals surface area (Å²) in [6.07, 6.45) is 18.9. The zero-order chi connectivity index (χ0) is 43.8. The van der Waals surface area contributed by atoms with E-state index in [1.807, 2.05) is 0 Å². The van der Waals surface area contributed by atoms with E-state index in [1.54, 1.807) is 0 Å². The molecule has 0 radical (unpaired) electrons. The van der Waals surface area contributed by atoms with Gasteiger partial charge in [-0.2, -0.15) is 0 Å². The molecule has 3 saturated heterocycles. The van der Waals surface area contributed by atoms with Gasteiger partial charge in [0.05, 0.1) is 61.9 Å². The second-order valence-corrected chi connectivity index (χ2v) is 20.7. The Morgan fingerprint density at radius 1 is 0.887 bits per heavy atom. The molecule has 12 N–H and O–H groups in total. The first kappa shape index (κ1) is 49.8. The summed E-state index contributed by atoms with van der Waals surface area (Å²) in [6.45, 7) is 8.36. The molecular formula is C48H90N6O8+2. The Hall–Kier alpha value is -1.62. The van der Waals surface area contributed by atoms with Gasteiger partial charge in [0.25, 0.3) is 0 Å². The number of hydrogen-bond donors (Lipinski definition) is 9. The van der Waals surface area contributed by atoms with Gasteiger partial charge in [-0.15, -0.1) is 0 Å². The zero-order valence-corrected chi connectivity index (χ0v) is 38.7. The first-order valence-corrected chi connectivity index (χ1v) is 25.6. The Labute approximate surface area is 373 Å². The third kappa shape index (κ3) is 16.1. The molecule has 3 heterocycles. The topological polar surface area (TPSA) is 221 Å². The van der Waals surface area contributed by atoms with E-state index in [2.05, 4.69) is 27.9 Å². The smallest absolute Gasteiger partial charge is 0.341 e. The maximum Gasteiger partial charge on any atom is 0.341 e. The van der Waals surface area contributed by atoms with Crippen LogP contribution in [0.15, 0.2) is 0 Å². The molecule has 358 valence electrons. The van der Waals surface area contributed by atoms with E-state index in [0.29, 0.717) is 56.0 Å². The lowest BCUT2D eigenvalue weighted by Gasteiger charge is -2.46. The van der Waals surface area contributed by atoms with Crippen molar-refractivity contribution in [1.29, 1.82) is 0 Å². The fourth-order valence-corrected chi connectivity index (χ4v) is 12.2. The van der Waals surface area contributed by atoms with Crippen molar-refractivity contribution in [1.82, 2.24) is 10.6 Å². The fourth-order valence-electron chi connectivity index (χ4n) is 12.2. The number of ether oxygens (including phenoxy) is 4. The van der Waals surface area contributed by atoms with Crippen molar-refractivity contribution in [3.8, 4) is 0 Å². The lowest BCUT2D eigenvalue weighted by molar-refractivity contribution is -0.699. The number of aliphatic hydroxyl groups excluding tert-OH is 3. The second kappa shape index (κ2) is 25.9. The van der Waals surface area contributed by atoms with Crippen molar-refractivity contribution in [2.45, 2.75) is 229 Å². The standard InChI is InChI=1S/C48H88N6O8/c1-3-4-5-11-35(42-28-39(60-31(2)55)29-43(62-42)36-25-41(57)47(58)45(26-36)59-21-17-33-10-7-18-51-30-33)22-34-14-15-40(56)44(23-34)61-38-13-6-12-37(27-38)54-48(50)53-19-8-9-32-16-20-52-46(49)24-32/h32-47,51-52,56-58H,3-30,49H2,1-2H3,(H3,50,53,54)/p+2/t32?,33?,34?,35-,36?,37+,38-,39-,40?,41?,42+,43+,44?,45?,46?,47?/m1/s1. The van der Waals surface area contributed by atoms with Gasteiger partial charge < -0.3 is 44.9 Å². The van der Waals surface area contributed by atoms with E-state index in [-0.39, 0.29) is 60.5 Å². The van der Waals surface area contributed by atoms with Crippen LogP contribution in [0.1, 0.15) is 162 Å². The van der Waals surface area contributed by atoms with Crippen LogP contribution in [0, 0.1) is 29.6 Å². The molecule has 14 heteroatoms. The highest BCUT2D eigenvalue weighted by molar-refractivity contribution is 5.72. The third-order valence-corrected chi connectivity index (χ3v) is 15.6. The summed E-state index contributed by atoms with van der Waals surface area (Å²) in [5.74, 6) is 2.31. The number of piperidine rings is 2. The van der Waals surface area contributed by atoms with Crippen LogP contribution in [0.2, 0.25) is 0 Å². The van der Waals surface area contributed by atoms with Gasteiger partial charge in [-0.3, -0.25) is 26.6 Å². The van der Waals surface area contributed by atoms with Crippen molar-refractivity contribution in [3.05, 3.63) is 0 Å². The number of rotatable bonds is 20. The Morgan fingerprint density at radius 3 is 2.55 bits per heavy atom. The van der Waals surface area contributed by atoms with E-state index in [0.717, 1.165) is 122 Å². The summed E-state index contributed by atoms with van der Waals surface area (Å²) in [5, 5.41) is 42.7. The number of unbranched alkanes of at least 4 members (excludes halogenated alkanes) is 2. The Kier molecular flexibility index (Phi) is 20.8. The van der Waals surface area contributed by atoms with Crippen molar-refractivity contribution in [2.75, 3.05) is 32.8 Å². The molecule has 62 heavy (non-hydrogen) atoms. The van der Waals surface area contributed by atoms with Gasteiger partial charge in [-0.05, 0) is 145 Å². The number of carbonyl (C=O) groups is 1. The minimum Gasteiger partial charge on any atom is -0.462 e. The molecule has 10 unspecified atom stereocenters. The molecule has 14 nitrogen and oxygen atoms in total. The van der Waals surface area contributed by atoms with Gasteiger partial charge >= 0.3 is 11.9 Å². The third-order valence-electron chi connectivity index (χ3n) is 15.6. The summed E-state index contributed by atoms with van der Waals surface area (Å²) in [6, 6.07) is 0.239. The summed E-state index contributed by atoms with van der Waals surface area (Å²) >= 11 is 0. The summed E-state index contributed by atoms with van der Waals surface area (Å²) in [5.41, 5.74) is 12.6. The average Bonchev–Trinajstić information content (AvgIpc) is 3.25. The van der Waals surface area contributed by atoms with Crippen molar-refractivity contribution >= 4 is 11.9 Å². The van der Waals surface area contributed by atoms with Crippen LogP contribution in [0.4, 0.5) is 0 Å². The van der Waals surface area contributed by atoms with Gasteiger partial charge in [0, 0.05) is 39.2 Å². The molecule has 6 fully saturated rings. The number of hydrogen-bond acceptors (Lipinski definition) is 10. The Balaban J connectivity index is 1.03. The number of aliphatic hydroxyl groups is 3. The molecule has 3 saturated carbocycles. The first-order chi connectivity index (χ1) is 30.0. The monoisotopic (exact) mass is 879 g/mol. The molecule has 0 aromatic carbocycles. The predicted octanol–water partition coefficient (Wildman–Crippen LogP) is 1.84. The highest BCUT2D eigenvalue weighted by atomic mass is 16.6. The minimum absolute atomic E-state index is 0.0165. The van der Waals surface area contributed by atoms with Crippen molar-refractivity contribution < 1.29 is 49.4 Å². The van der Waals surface area contributed by atoms with Crippen molar-refractivity contribution in [2.24, 2.45) is 41.1 Å². The summed E-state index contributed by atoms with van der Waals surface area (Å²) in [4.78, 5) is 15.8. The number of esters is 1. The zero-order valence-electron chi connectivity index (χ0n) is 38.7. The molecule has 16 atom stereocenters. The van der Waals surface area contributed by atoms with Gasteiger partial charge in [-0.1, -0.05) is 26.2 Å². The minimum atomic E-state index is -0.923. The van der Waals surface area contributed by atoms with Crippen LogP contribution < -0.4 is 32.4 Å². The molecule has 0 aromatic heterocycles. The number of nitrogens with two attached hydrogens (primary N) is 3. The maximum atomic E-state index is 12.4. The molecule has 0 amide bonds. The first-order valence-electron chi connectivity index (χ1n) is 25.6. The number of guanidine groups is 1. The quantitative estimate of drug-likeness (QED) is 0.0371. The molecular weight excluding hydrogens is 789 g/mol. The van der Waals surface area contributed by atoms with Gasteiger partial charge in [0.15, 0.2) is 0 Å². The normalized spacial score (nSPS) is 39.2. The van der Waals surface area contributed by atoms with E-state index in [9.17, 15) is 20.1 Å². The van der Waals surface area contributed by atoms with E-state index in [1.165, 1.54) is 32.6 Å². The highest BCUT2D eigenvalue weighted by Gasteiger charge is 2.45. The molecule has 0 bridgehead atoms. The molecule has 6 rings (SSSR count). The van der Waals surface area contributed by atoms with Gasteiger partial charge in [0.2, 0.25) is 0 Å². The second-order valence-electron chi connectivity index (χ2n) is 20.7. The average molecular weight is 879 g/mol. The van der Waals surface area contributed by atoms with Gasteiger partial charge in [-0.25, -0.2) is 0 Å². The van der Waals surface area contributed by atoms with Crippen LogP contribution >= 0.6 is 0 Å². The number of quaternary nitrogens is 1. The summed E-state index contributed by atoms with van der Waals surface area (Å²) < 4.78 is 26.2. The van der Waals surface area contributed by atoms with Crippen LogP contribution in [0.3, 0.4) is 0 Å². The van der Waals surface area contributed by atoms with Crippen LogP contribution in [0.5, 0.6) is 0 Å². The molecule has 0 spiro atoms. The highest BCUT2D eigenvalue weighted by Crippen LogP contribution is 2.42. The van der Waals surface area contributed by atoms with E-state index < -0.39 is 24.4 Å². The summed E-state index contributed by atoms with van der Waals surface area (Å²) in [7, 11) is 0. The van der Waals surface area contributed by atoms with Gasteiger partial charge in [0.1, 0.15) is 18.4 Å². The van der Waals surface area contributed by atoms with Crippen LogP contribution in [-0.4, -0.2) is 127 Å². The number of carbonyl (C=O) groups excluding carboxylic acids is 1. The molecule has 0 aromatic rings. The lowest BCUT2D eigenvalue weighted by atomic mass is 9.74. The van der Waals surface area contributed by atoms with E-state index in [4.69, 9.17) is 30.4 Å². The maximum absolute atomic E-state index is 12.4. The fraction of sp³-hybridized carbons (Fsp3) is 0.958. The molecule has 3 aliphatic carbocycles. The van der Waals surface area contributed by atoms with Crippen molar-refractivity contribution in [3.63, 3.8) is 0 Å². The number of nitrogens with one attached hydrogen (secondary N) is 3. The van der Waals surface area contributed by atoms with E-state index >= 15 is 0 Å². The predicted molar refractivity (Wildman–Crippen MR) is 240 cm³/mol. The largest absolute Gasteiger partial charge is 0.462 e. The SMILES string of the molecule is CCCCC[C@H](CC1CCC(O)C(O[C@@H]2CCC[C@H](NC(N)=[NH+]CCCC3CC[NH2+]C(N)C3)C2)C1)[C@@H]1C[C@@H](OC(C)=O)C[C@@H](C2CC(O)C(O)C(OCCC3CCCNC3)C2)O1. The van der Waals surface area contributed by atoms with Crippen LogP contribution in [0.25, 0.3) is 0 Å². The lowest BCUT2D eigenvalue weighted by Crippen LogP contribution is -2.94.